The molecule has 0 radical (unpaired) electrons. The first kappa shape index (κ1) is 19.6. The Balaban J connectivity index is 1.37. The van der Waals surface area contributed by atoms with Gasteiger partial charge in [0.25, 0.3) is 0 Å². The van der Waals surface area contributed by atoms with Gasteiger partial charge in [-0.25, -0.2) is 9.97 Å². The maximum atomic E-state index is 12.6. The summed E-state index contributed by atoms with van der Waals surface area (Å²) in [5, 5.41) is 0. The highest BCUT2D eigenvalue weighted by atomic mass is 16.2. The van der Waals surface area contributed by atoms with Crippen molar-refractivity contribution in [2.24, 2.45) is 0 Å². The van der Waals surface area contributed by atoms with Gasteiger partial charge in [0.2, 0.25) is 5.91 Å². The Bertz CT molecular complexity index is 826. The Morgan fingerprint density at radius 3 is 2.00 bits per heavy atom. The molecule has 7 heteroatoms. The van der Waals surface area contributed by atoms with Crippen LogP contribution in [0, 0.1) is 6.92 Å². The summed E-state index contributed by atoms with van der Waals surface area (Å²) >= 11 is 0. The van der Waals surface area contributed by atoms with E-state index in [2.05, 4.69) is 37.8 Å². The van der Waals surface area contributed by atoms with Crippen LogP contribution >= 0.6 is 0 Å². The van der Waals surface area contributed by atoms with E-state index in [1.54, 1.807) is 0 Å². The van der Waals surface area contributed by atoms with Crippen molar-refractivity contribution in [1.82, 2.24) is 19.8 Å². The predicted molar refractivity (Wildman–Crippen MR) is 115 cm³/mol. The summed E-state index contributed by atoms with van der Waals surface area (Å²) in [6.07, 6.45) is 0.473. The first-order valence-corrected chi connectivity index (χ1v) is 10.4. The van der Waals surface area contributed by atoms with E-state index < -0.39 is 0 Å². The van der Waals surface area contributed by atoms with E-state index >= 15 is 0 Å². The molecule has 154 valence electrons. The molecule has 3 heterocycles. The highest BCUT2D eigenvalue weighted by Gasteiger charge is 2.23. The van der Waals surface area contributed by atoms with Crippen LogP contribution in [0.5, 0.6) is 0 Å². The number of aromatic nitrogens is 2. The molecular formula is C22H30N6O. The van der Waals surface area contributed by atoms with Crippen LogP contribution in [0.4, 0.5) is 11.6 Å². The number of carbonyl (C=O) groups excluding carboxylic acids is 1. The number of carbonyl (C=O) groups is 1. The Kier molecular flexibility index (Phi) is 5.94. The lowest BCUT2D eigenvalue weighted by Crippen LogP contribution is -2.49. The predicted octanol–water partition coefficient (Wildman–Crippen LogP) is 1.43. The summed E-state index contributed by atoms with van der Waals surface area (Å²) in [5.74, 6) is 3.00. The van der Waals surface area contributed by atoms with Crippen LogP contribution in [0.2, 0.25) is 0 Å². The van der Waals surface area contributed by atoms with Crippen LogP contribution in [0.1, 0.15) is 11.4 Å². The molecule has 2 fully saturated rings. The van der Waals surface area contributed by atoms with Gasteiger partial charge in [-0.2, -0.15) is 0 Å². The molecule has 1 aromatic carbocycles. The lowest BCUT2D eigenvalue weighted by atomic mass is 10.1. The summed E-state index contributed by atoms with van der Waals surface area (Å²) < 4.78 is 0. The number of hydrogen-bond acceptors (Lipinski definition) is 6. The van der Waals surface area contributed by atoms with E-state index in [0.29, 0.717) is 6.42 Å². The topological polar surface area (TPSA) is 55.8 Å². The summed E-state index contributed by atoms with van der Waals surface area (Å²) in [6.45, 7) is 9.14. The van der Waals surface area contributed by atoms with Crippen LogP contribution < -0.4 is 9.80 Å². The largest absolute Gasteiger partial charge is 0.354 e. The monoisotopic (exact) mass is 394 g/mol. The van der Waals surface area contributed by atoms with E-state index in [1.165, 1.54) is 0 Å². The van der Waals surface area contributed by atoms with E-state index in [1.807, 2.05) is 42.2 Å². The molecule has 1 amide bonds. The molecule has 2 aromatic rings. The summed E-state index contributed by atoms with van der Waals surface area (Å²) in [4.78, 5) is 30.9. The Morgan fingerprint density at radius 1 is 0.862 bits per heavy atom. The van der Waals surface area contributed by atoms with Gasteiger partial charge in [0.1, 0.15) is 17.5 Å². The van der Waals surface area contributed by atoms with Gasteiger partial charge in [-0.1, -0.05) is 30.3 Å². The minimum atomic E-state index is 0.202. The highest BCUT2D eigenvalue weighted by molar-refractivity contribution is 5.79. The molecule has 7 nitrogen and oxygen atoms in total. The minimum absolute atomic E-state index is 0.202. The van der Waals surface area contributed by atoms with E-state index in [0.717, 1.165) is 75.4 Å². The Hall–Kier alpha value is -2.67. The number of aryl methyl sites for hydroxylation is 1. The second-order valence-electron chi connectivity index (χ2n) is 7.95. The van der Waals surface area contributed by atoms with Crippen LogP contribution in [-0.2, 0) is 11.2 Å². The molecule has 2 aliphatic heterocycles. The van der Waals surface area contributed by atoms with Gasteiger partial charge < -0.3 is 19.6 Å². The number of anilines is 2. The Morgan fingerprint density at radius 2 is 1.41 bits per heavy atom. The first-order chi connectivity index (χ1) is 14.1. The van der Waals surface area contributed by atoms with Gasteiger partial charge >= 0.3 is 0 Å². The normalized spacial score (nSPS) is 18.2. The zero-order valence-corrected chi connectivity index (χ0v) is 17.4. The van der Waals surface area contributed by atoms with E-state index in [9.17, 15) is 4.79 Å². The van der Waals surface area contributed by atoms with Gasteiger partial charge in [-0.3, -0.25) is 4.79 Å². The number of piperazine rings is 2. The molecular weight excluding hydrogens is 364 g/mol. The lowest BCUT2D eigenvalue weighted by Gasteiger charge is -2.37. The summed E-state index contributed by atoms with van der Waals surface area (Å²) in [7, 11) is 2.16. The van der Waals surface area contributed by atoms with Crippen molar-refractivity contribution in [1.29, 1.82) is 0 Å². The smallest absolute Gasteiger partial charge is 0.227 e. The van der Waals surface area contributed by atoms with E-state index in [4.69, 9.17) is 0 Å². The minimum Gasteiger partial charge on any atom is -0.354 e. The van der Waals surface area contributed by atoms with Gasteiger partial charge in [-0.15, -0.1) is 0 Å². The fourth-order valence-corrected chi connectivity index (χ4v) is 3.96. The number of benzene rings is 1. The first-order valence-electron chi connectivity index (χ1n) is 10.4. The number of rotatable bonds is 4. The average Bonchev–Trinajstić information content (AvgIpc) is 2.74. The van der Waals surface area contributed by atoms with Crippen LogP contribution in [-0.4, -0.2) is 85.1 Å². The number of likely N-dealkylation sites (N-methyl/N-ethyl adjacent to an activating group) is 1. The zero-order chi connectivity index (χ0) is 20.2. The molecule has 0 N–H and O–H groups in total. The molecule has 0 aliphatic carbocycles. The van der Waals surface area contributed by atoms with Crippen LogP contribution in [0.15, 0.2) is 36.4 Å². The third-order valence-corrected chi connectivity index (χ3v) is 5.79. The summed E-state index contributed by atoms with van der Waals surface area (Å²) in [6, 6.07) is 12.1. The fraction of sp³-hybridized carbons (Fsp3) is 0.500. The quantitative estimate of drug-likeness (QED) is 0.782. The Labute approximate surface area is 172 Å². The zero-order valence-electron chi connectivity index (χ0n) is 17.4. The third kappa shape index (κ3) is 4.85. The maximum Gasteiger partial charge on any atom is 0.227 e. The fourth-order valence-electron chi connectivity index (χ4n) is 3.96. The molecule has 29 heavy (non-hydrogen) atoms. The molecule has 0 spiro atoms. The van der Waals surface area contributed by atoms with Crippen molar-refractivity contribution >= 4 is 17.5 Å². The van der Waals surface area contributed by atoms with Gasteiger partial charge in [0, 0.05) is 58.4 Å². The molecule has 4 rings (SSSR count). The third-order valence-electron chi connectivity index (χ3n) is 5.79. The lowest BCUT2D eigenvalue weighted by molar-refractivity contribution is -0.130. The molecule has 0 saturated carbocycles. The second kappa shape index (κ2) is 8.78. The number of nitrogens with zero attached hydrogens (tertiary/aromatic N) is 6. The van der Waals surface area contributed by atoms with Gasteiger partial charge in [0.05, 0.1) is 6.42 Å². The second-order valence-corrected chi connectivity index (χ2v) is 7.95. The molecule has 0 unspecified atom stereocenters. The number of hydrogen-bond donors (Lipinski definition) is 0. The van der Waals surface area contributed by atoms with Crippen molar-refractivity contribution in [2.45, 2.75) is 13.3 Å². The van der Waals surface area contributed by atoms with Crippen molar-refractivity contribution in [3.63, 3.8) is 0 Å². The number of amides is 1. The molecule has 0 bridgehead atoms. The van der Waals surface area contributed by atoms with E-state index in [-0.39, 0.29) is 5.91 Å². The maximum absolute atomic E-state index is 12.6. The van der Waals surface area contributed by atoms with Crippen LogP contribution in [0.3, 0.4) is 0 Å². The molecule has 2 saturated heterocycles. The SMILES string of the molecule is Cc1nc(N2CCN(C)CC2)cc(N2CCN(C(=O)Cc3ccccc3)CC2)n1. The average molecular weight is 395 g/mol. The standard InChI is InChI=1S/C22H30N6O/c1-18-23-20(26-10-8-25(2)9-11-26)17-21(24-18)27-12-14-28(15-13-27)22(29)16-19-6-4-3-5-7-19/h3-7,17H,8-16H2,1-2H3. The highest BCUT2D eigenvalue weighted by Crippen LogP contribution is 2.21. The van der Waals surface area contributed by atoms with Crippen molar-refractivity contribution in [3.05, 3.63) is 47.8 Å². The van der Waals surface area contributed by atoms with Gasteiger partial charge in [-0.05, 0) is 19.5 Å². The molecule has 0 atom stereocenters. The van der Waals surface area contributed by atoms with Crippen molar-refractivity contribution < 1.29 is 4.79 Å². The van der Waals surface area contributed by atoms with Gasteiger partial charge in [0.15, 0.2) is 0 Å². The molecule has 2 aliphatic rings. The summed E-state index contributed by atoms with van der Waals surface area (Å²) in [5.41, 5.74) is 1.07. The molecule has 1 aromatic heterocycles. The van der Waals surface area contributed by atoms with Crippen LogP contribution in [0.25, 0.3) is 0 Å². The van der Waals surface area contributed by atoms with Crippen molar-refractivity contribution in [3.8, 4) is 0 Å². The van der Waals surface area contributed by atoms with Crippen molar-refractivity contribution in [2.75, 3.05) is 69.2 Å².